The highest BCUT2D eigenvalue weighted by molar-refractivity contribution is 6.04. The van der Waals surface area contributed by atoms with Gasteiger partial charge in [0.1, 0.15) is 17.1 Å². The first kappa shape index (κ1) is 16.5. The zero-order valence-corrected chi connectivity index (χ0v) is 14.8. The van der Waals surface area contributed by atoms with Crippen LogP contribution in [-0.2, 0) is 13.0 Å². The van der Waals surface area contributed by atoms with Crippen LogP contribution in [0.1, 0.15) is 27.4 Å². The van der Waals surface area contributed by atoms with Crippen molar-refractivity contribution in [2.75, 3.05) is 18.4 Å². The van der Waals surface area contributed by atoms with Crippen LogP contribution in [0.5, 0.6) is 0 Å². The average Bonchev–Trinajstić information content (AvgIpc) is 2.87. The summed E-state index contributed by atoms with van der Waals surface area (Å²) in [6, 6.07) is 5.06. The van der Waals surface area contributed by atoms with E-state index in [2.05, 4.69) is 15.6 Å². The number of amides is 1. The van der Waals surface area contributed by atoms with E-state index in [1.165, 1.54) is 6.07 Å². The van der Waals surface area contributed by atoms with E-state index in [-0.39, 0.29) is 11.5 Å². The summed E-state index contributed by atoms with van der Waals surface area (Å²) in [4.78, 5) is 28.7. The van der Waals surface area contributed by atoms with Crippen LogP contribution in [0.4, 0.5) is 5.69 Å². The monoisotopic (exact) mass is 352 g/mol. The van der Waals surface area contributed by atoms with Gasteiger partial charge >= 0.3 is 5.63 Å². The second kappa shape index (κ2) is 6.42. The van der Waals surface area contributed by atoms with Gasteiger partial charge in [0.25, 0.3) is 5.91 Å². The number of fused-ring (bicyclic) bond motifs is 2. The van der Waals surface area contributed by atoms with Crippen molar-refractivity contribution in [1.82, 2.24) is 14.9 Å². The third kappa shape index (κ3) is 3.01. The highest BCUT2D eigenvalue weighted by atomic mass is 16.4. The van der Waals surface area contributed by atoms with Crippen LogP contribution in [0.15, 0.2) is 33.6 Å². The Labute approximate surface area is 150 Å². The topological polar surface area (TPSA) is 89.2 Å². The predicted molar refractivity (Wildman–Crippen MR) is 98.7 cm³/mol. The van der Waals surface area contributed by atoms with Crippen LogP contribution in [-0.4, -0.2) is 28.5 Å². The first-order valence-corrected chi connectivity index (χ1v) is 8.64. The molecule has 134 valence electrons. The second-order valence-electron chi connectivity index (χ2n) is 6.60. The molecule has 1 aliphatic heterocycles. The highest BCUT2D eigenvalue weighted by Gasteiger charge is 2.17. The van der Waals surface area contributed by atoms with E-state index in [0.717, 1.165) is 48.4 Å². The van der Waals surface area contributed by atoms with Gasteiger partial charge in [-0.15, -0.1) is 0 Å². The van der Waals surface area contributed by atoms with Gasteiger partial charge in [-0.3, -0.25) is 4.79 Å². The van der Waals surface area contributed by atoms with E-state index >= 15 is 0 Å². The first-order chi connectivity index (χ1) is 12.5. The Morgan fingerprint density at radius 1 is 1.23 bits per heavy atom. The Bertz CT molecular complexity index is 1040. The van der Waals surface area contributed by atoms with Gasteiger partial charge in [0.05, 0.1) is 0 Å². The quantitative estimate of drug-likeness (QED) is 0.689. The number of anilines is 1. The molecule has 0 fully saturated rings. The first-order valence-electron chi connectivity index (χ1n) is 8.64. The molecule has 3 aromatic rings. The number of nitrogens with zero attached hydrogens (tertiary/aromatic N) is 2. The van der Waals surface area contributed by atoms with E-state index in [1.54, 1.807) is 12.3 Å². The average molecular weight is 352 g/mol. The van der Waals surface area contributed by atoms with Gasteiger partial charge in [-0.1, -0.05) is 0 Å². The van der Waals surface area contributed by atoms with E-state index in [0.29, 0.717) is 17.0 Å². The maximum atomic E-state index is 12.7. The van der Waals surface area contributed by atoms with E-state index in [9.17, 15) is 9.59 Å². The van der Waals surface area contributed by atoms with Crippen LogP contribution in [0.25, 0.3) is 11.0 Å². The second-order valence-corrected chi connectivity index (χ2v) is 6.60. The summed E-state index contributed by atoms with van der Waals surface area (Å²) in [6.45, 7) is 6.26. The Morgan fingerprint density at radius 3 is 2.92 bits per heavy atom. The smallest absolute Gasteiger partial charge is 0.336 e. The fourth-order valence-electron chi connectivity index (χ4n) is 3.27. The largest absolute Gasteiger partial charge is 0.423 e. The number of hydrogen-bond donors (Lipinski definition) is 2. The standard InChI is InChI=1S/C19H20N4O3/c1-11-8-18(24)26-16-7-12(2)14(9-13(11)16)22-19(25)15-10-23-6-5-20-4-3-17(23)21-15/h7-10,20H,3-6H2,1-2H3,(H,22,25). The Kier molecular flexibility index (Phi) is 4.08. The molecule has 0 aliphatic carbocycles. The van der Waals surface area contributed by atoms with Crippen LogP contribution < -0.4 is 16.3 Å². The summed E-state index contributed by atoms with van der Waals surface area (Å²) < 4.78 is 7.27. The molecule has 7 nitrogen and oxygen atoms in total. The Morgan fingerprint density at radius 2 is 2.08 bits per heavy atom. The zero-order chi connectivity index (χ0) is 18.3. The van der Waals surface area contributed by atoms with Gasteiger partial charge in [-0.05, 0) is 37.1 Å². The van der Waals surface area contributed by atoms with Crippen molar-refractivity contribution in [3.05, 3.63) is 57.5 Å². The lowest BCUT2D eigenvalue weighted by atomic mass is 10.1. The van der Waals surface area contributed by atoms with Crippen molar-refractivity contribution < 1.29 is 9.21 Å². The molecule has 7 heteroatoms. The number of carbonyl (C=O) groups excluding carboxylic acids is 1. The molecule has 0 bridgehead atoms. The number of aryl methyl sites for hydroxylation is 2. The lowest BCUT2D eigenvalue weighted by Crippen LogP contribution is -2.18. The lowest BCUT2D eigenvalue weighted by Gasteiger charge is -2.10. The van der Waals surface area contributed by atoms with Crippen molar-refractivity contribution in [3.63, 3.8) is 0 Å². The van der Waals surface area contributed by atoms with E-state index < -0.39 is 0 Å². The molecule has 3 heterocycles. The SMILES string of the molecule is Cc1cc2oc(=O)cc(C)c2cc1NC(=O)c1cn2c(n1)CCNCC2. The summed E-state index contributed by atoms with van der Waals surface area (Å²) in [5, 5.41) is 7.05. The molecular weight excluding hydrogens is 332 g/mol. The maximum absolute atomic E-state index is 12.7. The predicted octanol–water partition coefficient (Wildman–Crippen LogP) is 2.00. The van der Waals surface area contributed by atoms with E-state index in [1.807, 2.05) is 24.5 Å². The van der Waals surface area contributed by atoms with Crippen molar-refractivity contribution >= 4 is 22.6 Å². The zero-order valence-electron chi connectivity index (χ0n) is 14.8. The lowest BCUT2D eigenvalue weighted by molar-refractivity contribution is 0.102. The Hall–Kier alpha value is -2.93. The molecule has 2 N–H and O–H groups in total. The van der Waals surface area contributed by atoms with Crippen molar-refractivity contribution in [3.8, 4) is 0 Å². The number of nitrogens with one attached hydrogen (secondary N) is 2. The molecule has 0 unspecified atom stereocenters. The van der Waals surface area contributed by atoms with Crippen LogP contribution in [0.2, 0.25) is 0 Å². The fourth-order valence-corrected chi connectivity index (χ4v) is 3.27. The van der Waals surface area contributed by atoms with Gasteiger partial charge < -0.3 is 19.6 Å². The molecule has 0 atom stereocenters. The summed E-state index contributed by atoms with van der Waals surface area (Å²) in [6.07, 6.45) is 2.61. The van der Waals surface area contributed by atoms with Crippen molar-refractivity contribution in [2.45, 2.75) is 26.8 Å². The number of imidazole rings is 1. The molecule has 1 aromatic carbocycles. The minimum Gasteiger partial charge on any atom is -0.423 e. The molecule has 1 aliphatic rings. The third-order valence-corrected chi connectivity index (χ3v) is 4.69. The van der Waals surface area contributed by atoms with Gasteiger partial charge in [-0.25, -0.2) is 9.78 Å². The summed E-state index contributed by atoms with van der Waals surface area (Å²) >= 11 is 0. The fraction of sp³-hybridized carbons (Fsp3) is 0.316. The van der Waals surface area contributed by atoms with E-state index in [4.69, 9.17) is 4.42 Å². The number of hydrogen-bond acceptors (Lipinski definition) is 5. The van der Waals surface area contributed by atoms with Crippen LogP contribution in [0.3, 0.4) is 0 Å². The normalized spacial score (nSPS) is 14.1. The van der Waals surface area contributed by atoms with Gasteiger partial charge in [0, 0.05) is 49.4 Å². The highest BCUT2D eigenvalue weighted by Crippen LogP contribution is 2.25. The van der Waals surface area contributed by atoms with Crippen LogP contribution in [0, 0.1) is 13.8 Å². The number of benzene rings is 1. The van der Waals surface area contributed by atoms with Gasteiger partial charge in [-0.2, -0.15) is 0 Å². The molecule has 0 radical (unpaired) electrons. The van der Waals surface area contributed by atoms with Gasteiger partial charge in [0.2, 0.25) is 0 Å². The molecule has 1 amide bonds. The molecule has 0 saturated carbocycles. The number of rotatable bonds is 2. The van der Waals surface area contributed by atoms with Gasteiger partial charge in [0.15, 0.2) is 0 Å². The minimum absolute atomic E-state index is 0.240. The summed E-state index contributed by atoms with van der Waals surface area (Å²) in [5.74, 6) is 0.684. The molecular formula is C19H20N4O3. The van der Waals surface area contributed by atoms with Crippen molar-refractivity contribution in [2.24, 2.45) is 0 Å². The summed E-state index contributed by atoms with van der Waals surface area (Å²) in [7, 11) is 0. The molecule has 2 aromatic heterocycles. The molecule has 0 spiro atoms. The van der Waals surface area contributed by atoms with Crippen molar-refractivity contribution in [1.29, 1.82) is 0 Å². The molecule has 4 rings (SSSR count). The summed E-state index contributed by atoms with van der Waals surface area (Å²) in [5.41, 5.74) is 2.88. The molecule has 0 saturated heterocycles. The molecule has 26 heavy (non-hydrogen) atoms. The third-order valence-electron chi connectivity index (χ3n) is 4.69. The number of carbonyl (C=O) groups is 1. The van der Waals surface area contributed by atoms with Crippen LogP contribution >= 0.6 is 0 Å². The minimum atomic E-state index is -0.375. The number of aromatic nitrogens is 2. The Balaban J connectivity index is 1.65. The maximum Gasteiger partial charge on any atom is 0.336 e.